The number of benzene rings is 3. The number of aromatic nitrogens is 2. The monoisotopic (exact) mass is 599 g/mol. The third-order valence-corrected chi connectivity index (χ3v) is 8.16. The molecule has 0 radical (unpaired) electrons. The lowest BCUT2D eigenvalue weighted by molar-refractivity contribution is 0.0748. The van der Waals surface area contributed by atoms with Gasteiger partial charge in [-0.2, -0.15) is 0 Å². The summed E-state index contributed by atoms with van der Waals surface area (Å²) in [5.41, 5.74) is 1.59. The van der Waals surface area contributed by atoms with Gasteiger partial charge in [-0.25, -0.2) is 9.18 Å². The van der Waals surface area contributed by atoms with E-state index in [1.807, 2.05) is 39.0 Å². The zero-order valence-electron chi connectivity index (χ0n) is 22.9. The Kier molecular flexibility index (Phi) is 7.61. The summed E-state index contributed by atoms with van der Waals surface area (Å²) in [4.78, 5) is 40.2. The van der Waals surface area contributed by atoms with Gasteiger partial charge in [0, 0.05) is 31.1 Å². The Balaban J connectivity index is 1.87. The fraction of sp³-hybridized carbons (Fsp3) is 0.300. The normalized spacial score (nSPS) is 13.6. The highest BCUT2D eigenvalue weighted by molar-refractivity contribution is 6.34. The molecule has 1 amide bonds. The van der Waals surface area contributed by atoms with E-state index in [1.165, 1.54) is 39.3 Å². The number of halogens is 3. The van der Waals surface area contributed by atoms with Crippen LogP contribution < -0.4 is 15.9 Å². The Bertz CT molecular complexity index is 1830. The minimum Gasteiger partial charge on any atom is -0.496 e. The molecule has 1 N–H and O–H groups in total. The van der Waals surface area contributed by atoms with Crippen molar-refractivity contribution in [3.8, 4) is 22.6 Å². The van der Waals surface area contributed by atoms with Crippen LogP contribution in [-0.2, 0) is 6.54 Å². The summed E-state index contributed by atoms with van der Waals surface area (Å²) >= 11 is 12.9. The Morgan fingerprint density at radius 1 is 1.07 bits per heavy atom. The number of aryl methyl sites for hydroxylation is 1. The third kappa shape index (κ3) is 4.87. The predicted molar refractivity (Wildman–Crippen MR) is 158 cm³/mol. The van der Waals surface area contributed by atoms with Gasteiger partial charge >= 0.3 is 17.2 Å². The summed E-state index contributed by atoms with van der Waals surface area (Å²) in [6.07, 6.45) is -1.04. The molecule has 1 aromatic heterocycles. The first kappa shape index (κ1) is 28.7. The van der Waals surface area contributed by atoms with Gasteiger partial charge in [0.15, 0.2) is 5.82 Å². The van der Waals surface area contributed by atoms with Crippen molar-refractivity contribution < 1.29 is 19.0 Å². The minimum absolute atomic E-state index is 0.0171. The predicted octanol–water partition coefficient (Wildman–Crippen LogP) is 6.32. The zero-order valence-corrected chi connectivity index (χ0v) is 24.4. The fourth-order valence-electron chi connectivity index (χ4n) is 5.48. The van der Waals surface area contributed by atoms with Crippen molar-refractivity contribution >= 4 is 40.3 Å². The highest BCUT2D eigenvalue weighted by Crippen LogP contribution is 2.41. The van der Waals surface area contributed by atoms with Crippen LogP contribution in [0.15, 0.2) is 52.1 Å². The van der Waals surface area contributed by atoms with E-state index in [0.717, 1.165) is 11.1 Å². The van der Waals surface area contributed by atoms with Crippen molar-refractivity contribution in [3.63, 3.8) is 0 Å². The number of ether oxygens (including phenoxy) is 1. The molecular weight excluding hydrogens is 572 g/mol. The third-order valence-electron chi connectivity index (χ3n) is 7.56. The number of methoxy groups -OCH3 is 1. The molecule has 3 aromatic carbocycles. The van der Waals surface area contributed by atoms with Crippen LogP contribution in [-0.4, -0.2) is 45.4 Å². The van der Waals surface area contributed by atoms with Crippen molar-refractivity contribution in [2.24, 2.45) is 5.92 Å². The molecule has 0 saturated carbocycles. The molecule has 0 bridgehead atoms. The molecule has 8 nitrogen and oxygen atoms in total. The SMILES string of the molecule is COc1ccc(Cl)c(F)c1-c1cc2c(cc1Cl)n(CC1CN(C(=O)O)C1)c(=O)c(=O)n2-c1c(C)cccc1C(C)C. The van der Waals surface area contributed by atoms with Gasteiger partial charge in [-0.3, -0.25) is 14.2 Å². The number of nitrogens with zero attached hydrogens (tertiary/aromatic N) is 3. The second kappa shape index (κ2) is 10.9. The van der Waals surface area contributed by atoms with E-state index < -0.39 is 23.0 Å². The molecule has 214 valence electrons. The van der Waals surface area contributed by atoms with E-state index in [9.17, 15) is 19.5 Å². The van der Waals surface area contributed by atoms with Crippen LogP contribution in [0.1, 0.15) is 30.9 Å². The molecule has 1 aliphatic rings. The lowest BCUT2D eigenvalue weighted by Crippen LogP contribution is -2.52. The van der Waals surface area contributed by atoms with E-state index in [4.69, 9.17) is 27.9 Å². The zero-order chi connectivity index (χ0) is 29.7. The van der Waals surface area contributed by atoms with Crippen molar-refractivity contribution in [2.45, 2.75) is 33.2 Å². The standard InChI is InChI=1S/C30H28Cl2FN3O5/c1-15(2)18-7-5-6-16(3)27(18)36-23-10-19(25-24(41-4)9-8-20(31)26(25)33)21(32)11-22(23)35(28(37)29(36)38)14-17-12-34(13-17)30(39)40/h5-11,15,17H,12-14H2,1-4H3,(H,39,40). The van der Waals surface area contributed by atoms with Crippen LogP contribution in [0, 0.1) is 18.7 Å². The number of likely N-dealkylation sites (tertiary alicyclic amines) is 1. The molecule has 1 saturated heterocycles. The maximum Gasteiger partial charge on any atom is 0.407 e. The lowest BCUT2D eigenvalue weighted by Gasteiger charge is -2.37. The van der Waals surface area contributed by atoms with Crippen LogP contribution in [0.5, 0.6) is 5.75 Å². The van der Waals surface area contributed by atoms with Crippen LogP contribution in [0.4, 0.5) is 9.18 Å². The van der Waals surface area contributed by atoms with Gasteiger partial charge in [0.2, 0.25) is 0 Å². The van der Waals surface area contributed by atoms with Gasteiger partial charge < -0.3 is 19.3 Å². The van der Waals surface area contributed by atoms with Gasteiger partial charge in [0.25, 0.3) is 0 Å². The van der Waals surface area contributed by atoms with Gasteiger partial charge in [-0.15, -0.1) is 0 Å². The largest absolute Gasteiger partial charge is 0.496 e. The number of amides is 1. The molecule has 0 unspecified atom stereocenters. The highest BCUT2D eigenvalue weighted by Gasteiger charge is 2.32. The fourth-order valence-corrected chi connectivity index (χ4v) is 5.89. The van der Waals surface area contributed by atoms with Gasteiger partial charge in [0.1, 0.15) is 5.75 Å². The van der Waals surface area contributed by atoms with Crippen LogP contribution >= 0.6 is 23.2 Å². The summed E-state index contributed by atoms with van der Waals surface area (Å²) in [5, 5.41) is 9.23. The molecule has 4 aromatic rings. The van der Waals surface area contributed by atoms with Crippen LogP contribution in [0.25, 0.3) is 27.8 Å². The Morgan fingerprint density at radius 3 is 2.41 bits per heavy atom. The van der Waals surface area contributed by atoms with Crippen LogP contribution in [0.2, 0.25) is 10.0 Å². The first-order valence-electron chi connectivity index (χ1n) is 13.0. The Morgan fingerprint density at radius 2 is 1.78 bits per heavy atom. The van der Waals surface area contributed by atoms with E-state index in [2.05, 4.69) is 0 Å². The average Bonchev–Trinajstić information content (AvgIpc) is 2.90. The number of para-hydroxylation sites is 1. The van der Waals surface area contributed by atoms with E-state index in [1.54, 1.807) is 6.07 Å². The molecule has 0 atom stereocenters. The molecule has 11 heteroatoms. The maximum absolute atomic E-state index is 15.5. The second-order valence-corrected chi connectivity index (χ2v) is 11.4. The molecular formula is C30H28Cl2FN3O5. The summed E-state index contributed by atoms with van der Waals surface area (Å²) in [5.74, 6) is -0.701. The van der Waals surface area contributed by atoms with Crippen molar-refractivity contribution in [3.05, 3.63) is 90.2 Å². The first-order valence-corrected chi connectivity index (χ1v) is 13.8. The van der Waals surface area contributed by atoms with Crippen molar-refractivity contribution in [1.82, 2.24) is 14.0 Å². The molecule has 1 aliphatic heterocycles. The van der Waals surface area contributed by atoms with Gasteiger partial charge in [-0.1, -0.05) is 55.2 Å². The minimum atomic E-state index is -1.04. The van der Waals surface area contributed by atoms with E-state index >= 15 is 4.39 Å². The molecule has 41 heavy (non-hydrogen) atoms. The molecule has 5 rings (SSSR count). The number of hydrogen-bond donors (Lipinski definition) is 1. The van der Waals surface area contributed by atoms with Gasteiger partial charge in [0.05, 0.1) is 39.4 Å². The molecule has 1 fully saturated rings. The summed E-state index contributed by atoms with van der Waals surface area (Å²) in [6, 6.07) is 11.7. The molecule has 2 heterocycles. The number of rotatable bonds is 6. The number of carbonyl (C=O) groups is 1. The second-order valence-electron chi connectivity index (χ2n) is 10.5. The first-order chi connectivity index (χ1) is 19.4. The lowest BCUT2D eigenvalue weighted by atomic mass is 9.97. The average molecular weight is 600 g/mol. The van der Waals surface area contributed by atoms with Gasteiger partial charge in [-0.05, 0) is 48.2 Å². The van der Waals surface area contributed by atoms with Crippen molar-refractivity contribution in [1.29, 1.82) is 0 Å². The smallest absolute Gasteiger partial charge is 0.407 e. The Labute approximate surface area is 245 Å². The highest BCUT2D eigenvalue weighted by atomic mass is 35.5. The van der Waals surface area contributed by atoms with Crippen molar-refractivity contribution in [2.75, 3.05) is 20.2 Å². The quantitative estimate of drug-likeness (QED) is 0.262. The molecule has 0 aliphatic carbocycles. The summed E-state index contributed by atoms with van der Waals surface area (Å²) in [6.45, 7) is 6.43. The summed E-state index contributed by atoms with van der Waals surface area (Å²) < 4.78 is 23.6. The Hall–Kier alpha value is -3.82. The van der Waals surface area contributed by atoms with Crippen LogP contribution in [0.3, 0.4) is 0 Å². The maximum atomic E-state index is 15.5. The number of fused-ring (bicyclic) bond motifs is 1. The van der Waals surface area contributed by atoms with E-state index in [0.29, 0.717) is 16.7 Å². The molecule has 0 spiro atoms. The number of hydrogen-bond acceptors (Lipinski definition) is 4. The topological polar surface area (TPSA) is 93.8 Å². The van der Waals surface area contributed by atoms with E-state index in [-0.39, 0.29) is 58.4 Å². The summed E-state index contributed by atoms with van der Waals surface area (Å²) in [7, 11) is 1.40. The number of carboxylic acid groups (broad SMARTS) is 1.